The van der Waals surface area contributed by atoms with Gasteiger partial charge in [-0.2, -0.15) is 17.9 Å². The summed E-state index contributed by atoms with van der Waals surface area (Å²) in [6.07, 6.45) is -2.14. The van der Waals surface area contributed by atoms with Crippen molar-refractivity contribution in [1.82, 2.24) is 19.6 Å². The Kier molecular flexibility index (Phi) is 6.29. The third kappa shape index (κ3) is 5.86. The van der Waals surface area contributed by atoms with Gasteiger partial charge in [-0.25, -0.2) is 13.2 Å². The molecule has 0 atom stereocenters. The van der Waals surface area contributed by atoms with Gasteiger partial charge in [0.05, 0.1) is 11.8 Å². The Morgan fingerprint density at radius 3 is 2.47 bits per heavy atom. The van der Waals surface area contributed by atoms with Crippen LogP contribution in [0.5, 0.6) is 0 Å². The molecule has 8 nitrogen and oxygen atoms in total. The second kappa shape index (κ2) is 8.44. The normalized spacial score (nSPS) is 16.0. The Labute approximate surface area is 176 Å². The lowest BCUT2D eigenvalue weighted by molar-refractivity contribution is -0.137. The van der Waals surface area contributed by atoms with E-state index in [1.54, 1.807) is 0 Å². The number of aromatic nitrogens is 2. The highest BCUT2D eigenvalue weighted by Gasteiger charge is 2.31. The van der Waals surface area contributed by atoms with Crippen molar-refractivity contribution < 1.29 is 26.4 Å². The smallest absolute Gasteiger partial charge is 0.320 e. The van der Waals surface area contributed by atoms with Gasteiger partial charge in [0.2, 0.25) is 10.0 Å². The first kappa shape index (κ1) is 22.4. The molecule has 1 aliphatic rings. The van der Waals surface area contributed by atoms with Crippen molar-refractivity contribution in [1.29, 1.82) is 0 Å². The molecule has 1 fully saturated rings. The van der Waals surface area contributed by atoms with Gasteiger partial charge in [-0.1, -0.05) is 11.6 Å². The lowest BCUT2D eigenvalue weighted by Crippen LogP contribution is -2.49. The van der Waals surface area contributed by atoms with Crippen LogP contribution in [-0.2, 0) is 22.7 Å². The summed E-state index contributed by atoms with van der Waals surface area (Å²) >= 11 is 5.82. The van der Waals surface area contributed by atoms with Gasteiger partial charge in [0, 0.05) is 50.0 Å². The number of halogens is 4. The number of anilines is 1. The Morgan fingerprint density at radius 2 is 1.87 bits per heavy atom. The van der Waals surface area contributed by atoms with Gasteiger partial charge in [-0.3, -0.25) is 9.62 Å². The topological polar surface area (TPSA) is 87.5 Å². The molecule has 1 saturated heterocycles. The summed E-state index contributed by atoms with van der Waals surface area (Å²) in [6, 6.07) is 4.40. The predicted octanol–water partition coefficient (Wildman–Crippen LogP) is 2.71. The van der Waals surface area contributed by atoms with Crippen LogP contribution in [0.15, 0.2) is 30.5 Å². The Hall–Kier alpha value is -2.31. The number of amides is 1. The summed E-state index contributed by atoms with van der Waals surface area (Å²) in [5.41, 5.74) is -0.353. The first-order valence-electron chi connectivity index (χ1n) is 8.82. The quantitative estimate of drug-likeness (QED) is 0.750. The number of alkyl halides is 3. The fourth-order valence-electron chi connectivity index (χ4n) is 3.08. The fraction of sp³-hybridized carbons (Fsp3) is 0.412. The Bertz CT molecular complexity index is 1030. The van der Waals surface area contributed by atoms with Crippen molar-refractivity contribution in [2.45, 2.75) is 12.7 Å². The molecule has 2 aromatic rings. The summed E-state index contributed by atoms with van der Waals surface area (Å²) in [5.74, 6) is 0.0333. The number of hydrogen-bond donors (Lipinski definition) is 1. The largest absolute Gasteiger partial charge is 0.416 e. The van der Waals surface area contributed by atoms with Gasteiger partial charge >= 0.3 is 12.2 Å². The lowest BCUT2D eigenvalue weighted by Gasteiger charge is -2.34. The average molecular weight is 466 g/mol. The Morgan fingerprint density at radius 1 is 1.20 bits per heavy atom. The van der Waals surface area contributed by atoms with Gasteiger partial charge in [0.25, 0.3) is 0 Å². The highest BCUT2D eigenvalue weighted by Crippen LogP contribution is 2.32. The molecule has 1 aromatic heterocycles. The van der Waals surface area contributed by atoms with E-state index in [0.29, 0.717) is 31.7 Å². The minimum Gasteiger partial charge on any atom is -0.320 e. The molecular formula is C17H19ClF3N5O3S. The molecule has 1 aromatic carbocycles. The zero-order valence-electron chi connectivity index (χ0n) is 15.9. The number of nitrogens with one attached hydrogen (secondary N) is 1. The van der Waals surface area contributed by atoms with E-state index in [0.717, 1.165) is 23.1 Å². The molecule has 0 unspecified atom stereocenters. The third-order valence-electron chi connectivity index (χ3n) is 4.41. The summed E-state index contributed by atoms with van der Waals surface area (Å²) in [7, 11) is -3.50. The van der Waals surface area contributed by atoms with Gasteiger partial charge in [-0.05, 0) is 23.8 Å². The summed E-state index contributed by atoms with van der Waals surface area (Å²) in [6.45, 7) is 1.88. The maximum absolute atomic E-state index is 13.0. The molecular weight excluding hydrogens is 447 g/mol. The highest BCUT2D eigenvalue weighted by atomic mass is 35.5. The SMILES string of the molecule is CS(=O)(=O)Nc1ccn(C(=O)N2CCN(Cc3cc(Cl)cc(C(F)(F)F)c3)CC2)n1. The number of carbonyl (C=O) groups excluding carboxylic acids is 1. The summed E-state index contributed by atoms with van der Waals surface area (Å²) in [5, 5.41) is 3.92. The number of rotatable bonds is 4. The molecule has 1 N–H and O–H groups in total. The lowest BCUT2D eigenvalue weighted by atomic mass is 10.1. The maximum Gasteiger partial charge on any atom is 0.416 e. The van der Waals surface area contributed by atoms with Crippen LogP contribution in [0.4, 0.5) is 23.8 Å². The third-order valence-corrected chi connectivity index (χ3v) is 5.21. The number of nitrogens with zero attached hydrogens (tertiary/aromatic N) is 4. The number of carbonyl (C=O) groups is 1. The zero-order valence-corrected chi connectivity index (χ0v) is 17.4. The van der Waals surface area contributed by atoms with Crippen molar-refractivity contribution in [2.75, 3.05) is 37.2 Å². The Balaban J connectivity index is 1.59. The van der Waals surface area contributed by atoms with Gasteiger partial charge < -0.3 is 4.90 Å². The monoisotopic (exact) mass is 465 g/mol. The van der Waals surface area contributed by atoms with E-state index in [-0.39, 0.29) is 17.4 Å². The zero-order chi connectivity index (χ0) is 22.1. The molecule has 0 spiro atoms. The van der Waals surface area contributed by atoms with Crippen LogP contribution in [0.25, 0.3) is 0 Å². The molecule has 2 heterocycles. The maximum atomic E-state index is 13.0. The van der Waals surface area contributed by atoms with Crippen molar-refractivity contribution in [3.8, 4) is 0 Å². The van der Waals surface area contributed by atoms with E-state index < -0.39 is 27.8 Å². The van der Waals surface area contributed by atoms with E-state index in [4.69, 9.17) is 11.6 Å². The summed E-state index contributed by atoms with van der Waals surface area (Å²) < 4.78 is 64.6. The van der Waals surface area contributed by atoms with E-state index >= 15 is 0 Å². The second-order valence-corrected chi connectivity index (χ2v) is 9.10. The molecule has 164 valence electrons. The second-order valence-electron chi connectivity index (χ2n) is 6.91. The van der Waals surface area contributed by atoms with Crippen molar-refractivity contribution in [3.05, 3.63) is 46.6 Å². The van der Waals surface area contributed by atoms with E-state index in [9.17, 15) is 26.4 Å². The van der Waals surface area contributed by atoms with Crippen LogP contribution in [0.3, 0.4) is 0 Å². The van der Waals surface area contributed by atoms with Crippen molar-refractivity contribution in [2.24, 2.45) is 0 Å². The standard InChI is InChI=1S/C17H19ClF3N5O3S/c1-30(28,29)23-15-2-3-26(22-15)16(27)25-6-4-24(5-7-25)11-12-8-13(17(19,20)21)10-14(18)9-12/h2-3,8-10H,4-7,11H2,1H3,(H,22,23). The van der Waals surface area contributed by atoms with Crippen LogP contribution in [0.2, 0.25) is 5.02 Å². The van der Waals surface area contributed by atoms with E-state index in [2.05, 4.69) is 9.82 Å². The average Bonchev–Trinajstić information content (AvgIpc) is 3.07. The predicted molar refractivity (Wildman–Crippen MR) is 105 cm³/mol. The molecule has 30 heavy (non-hydrogen) atoms. The summed E-state index contributed by atoms with van der Waals surface area (Å²) in [4.78, 5) is 16.0. The molecule has 3 rings (SSSR count). The molecule has 0 saturated carbocycles. The number of hydrogen-bond acceptors (Lipinski definition) is 5. The van der Waals surface area contributed by atoms with Crippen LogP contribution in [-0.4, -0.2) is 66.5 Å². The number of sulfonamides is 1. The number of benzene rings is 1. The number of piperazine rings is 1. The van der Waals surface area contributed by atoms with Crippen LogP contribution in [0, 0.1) is 0 Å². The molecule has 1 amide bonds. The van der Waals surface area contributed by atoms with Gasteiger partial charge in [0.15, 0.2) is 5.82 Å². The van der Waals surface area contributed by atoms with Gasteiger partial charge in [-0.15, -0.1) is 5.10 Å². The van der Waals surface area contributed by atoms with Crippen LogP contribution >= 0.6 is 11.6 Å². The first-order valence-corrected chi connectivity index (χ1v) is 11.1. The van der Waals surface area contributed by atoms with Crippen molar-refractivity contribution in [3.63, 3.8) is 0 Å². The molecule has 0 radical (unpaired) electrons. The highest BCUT2D eigenvalue weighted by molar-refractivity contribution is 7.92. The van der Waals surface area contributed by atoms with E-state index in [1.165, 1.54) is 23.2 Å². The van der Waals surface area contributed by atoms with Crippen molar-refractivity contribution >= 4 is 33.5 Å². The van der Waals surface area contributed by atoms with Gasteiger partial charge in [0.1, 0.15) is 0 Å². The minimum atomic E-state index is -4.47. The molecule has 13 heteroatoms. The molecule has 1 aliphatic heterocycles. The fourth-order valence-corrected chi connectivity index (χ4v) is 3.83. The molecule has 0 bridgehead atoms. The first-order chi connectivity index (χ1) is 13.9. The van der Waals surface area contributed by atoms with E-state index in [1.807, 2.05) is 4.90 Å². The van der Waals surface area contributed by atoms with Crippen LogP contribution < -0.4 is 4.72 Å². The molecule has 0 aliphatic carbocycles. The van der Waals surface area contributed by atoms with Crippen LogP contribution in [0.1, 0.15) is 11.1 Å². The minimum absolute atomic E-state index is 0.0193.